The van der Waals surface area contributed by atoms with Gasteiger partial charge in [-0.25, -0.2) is 5.48 Å². The summed E-state index contributed by atoms with van der Waals surface area (Å²) in [5, 5.41) is 0. The molecule has 0 unspecified atom stereocenters. The fourth-order valence-electron chi connectivity index (χ4n) is 0.219. The fourth-order valence-corrected chi connectivity index (χ4v) is 0.219. The predicted molar refractivity (Wildman–Crippen MR) is 33.2 cm³/mol. The molecule has 46 valence electrons. The molecule has 0 bridgehead atoms. The SMILES string of the molecule is C=C1N=CNO1.CC. The third kappa shape index (κ3) is 2.23. The van der Waals surface area contributed by atoms with E-state index >= 15 is 0 Å². The van der Waals surface area contributed by atoms with Gasteiger partial charge in [0.2, 0.25) is 5.88 Å². The standard InChI is InChI=1S/C3H4N2O.C2H6/c1-3-4-2-5-6-3;1-2/h2H,1H2,(H,4,5);1-2H3. The molecule has 0 saturated heterocycles. The maximum absolute atomic E-state index is 4.49. The van der Waals surface area contributed by atoms with Crippen LogP contribution in [0.3, 0.4) is 0 Å². The van der Waals surface area contributed by atoms with Gasteiger partial charge >= 0.3 is 0 Å². The number of hydrogen-bond acceptors (Lipinski definition) is 3. The van der Waals surface area contributed by atoms with E-state index in [-0.39, 0.29) is 0 Å². The average molecular weight is 114 g/mol. The summed E-state index contributed by atoms with van der Waals surface area (Å²) in [4.78, 5) is 8.07. The first kappa shape index (κ1) is 7.01. The second kappa shape index (κ2) is 4.18. The van der Waals surface area contributed by atoms with Crippen LogP contribution in [0.25, 0.3) is 0 Å². The van der Waals surface area contributed by atoms with Crippen LogP contribution in [-0.4, -0.2) is 6.34 Å². The quantitative estimate of drug-likeness (QED) is 0.510. The van der Waals surface area contributed by atoms with Crippen LogP contribution in [-0.2, 0) is 4.84 Å². The summed E-state index contributed by atoms with van der Waals surface area (Å²) in [6.07, 6.45) is 1.43. The van der Waals surface area contributed by atoms with Crippen LogP contribution in [0.2, 0.25) is 0 Å². The van der Waals surface area contributed by atoms with Crippen LogP contribution in [0.4, 0.5) is 0 Å². The molecule has 1 aliphatic rings. The third-order valence-corrected chi connectivity index (χ3v) is 0.438. The minimum Gasteiger partial charge on any atom is -0.361 e. The Morgan fingerprint density at radius 1 is 1.75 bits per heavy atom. The monoisotopic (exact) mass is 114 g/mol. The maximum Gasteiger partial charge on any atom is 0.240 e. The van der Waals surface area contributed by atoms with Crippen LogP contribution >= 0.6 is 0 Å². The molecule has 1 rings (SSSR count). The van der Waals surface area contributed by atoms with E-state index in [1.165, 1.54) is 6.34 Å². The van der Waals surface area contributed by atoms with E-state index in [0.717, 1.165) is 0 Å². The lowest BCUT2D eigenvalue weighted by atomic mass is 11.0. The number of aliphatic imine (C=N–C) groups is 1. The highest BCUT2D eigenvalue weighted by Crippen LogP contribution is 1.92. The second-order valence-electron chi connectivity index (χ2n) is 0.872. The van der Waals surface area contributed by atoms with E-state index in [1.54, 1.807) is 0 Å². The van der Waals surface area contributed by atoms with Crippen molar-refractivity contribution in [1.82, 2.24) is 5.48 Å². The summed E-state index contributed by atoms with van der Waals surface area (Å²) in [5.74, 6) is 0.412. The maximum atomic E-state index is 4.49. The Labute approximate surface area is 49.0 Å². The van der Waals surface area contributed by atoms with E-state index in [9.17, 15) is 0 Å². The van der Waals surface area contributed by atoms with E-state index in [4.69, 9.17) is 0 Å². The molecule has 0 aromatic carbocycles. The molecular weight excluding hydrogens is 104 g/mol. The van der Waals surface area contributed by atoms with Gasteiger partial charge < -0.3 is 4.84 Å². The largest absolute Gasteiger partial charge is 0.361 e. The molecule has 0 fully saturated rings. The lowest BCUT2D eigenvalue weighted by molar-refractivity contribution is 0.181. The van der Waals surface area contributed by atoms with Crippen molar-refractivity contribution in [3.8, 4) is 0 Å². The predicted octanol–water partition coefficient (Wildman–Crippen LogP) is 1.05. The van der Waals surface area contributed by atoms with Gasteiger partial charge in [0.25, 0.3) is 0 Å². The van der Waals surface area contributed by atoms with Gasteiger partial charge in [-0.05, 0) is 6.58 Å². The van der Waals surface area contributed by atoms with Crippen molar-refractivity contribution in [3.05, 3.63) is 12.5 Å². The molecule has 0 aliphatic carbocycles. The Hall–Kier alpha value is -0.990. The summed E-state index contributed by atoms with van der Waals surface area (Å²) in [6.45, 7) is 7.37. The van der Waals surface area contributed by atoms with Gasteiger partial charge in [-0.3, -0.25) is 0 Å². The molecule has 0 aromatic heterocycles. The number of nitrogens with zero attached hydrogens (tertiary/aromatic N) is 1. The summed E-state index contributed by atoms with van der Waals surface area (Å²) < 4.78 is 0. The fraction of sp³-hybridized carbons (Fsp3) is 0.400. The van der Waals surface area contributed by atoms with Gasteiger partial charge in [0, 0.05) is 0 Å². The summed E-state index contributed by atoms with van der Waals surface area (Å²) >= 11 is 0. The number of nitrogens with one attached hydrogen (secondary N) is 1. The van der Waals surface area contributed by atoms with E-state index in [0.29, 0.717) is 5.88 Å². The number of hydroxylamine groups is 1. The molecule has 0 saturated carbocycles. The molecule has 8 heavy (non-hydrogen) atoms. The molecule has 1 aliphatic heterocycles. The van der Waals surface area contributed by atoms with Gasteiger partial charge in [-0.2, -0.15) is 4.99 Å². The van der Waals surface area contributed by atoms with Gasteiger partial charge in [-0.15, -0.1) is 0 Å². The van der Waals surface area contributed by atoms with E-state index < -0.39 is 0 Å². The molecule has 0 atom stereocenters. The Balaban J connectivity index is 0.000000222. The van der Waals surface area contributed by atoms with E-state index in [1.807, 2.05) is 13.8 Å². The zero-order valence-corrected chi connectivity index (χ0v) is 5.14. The van der Waals surface area contributed by atoms with Crippen molar-refractivity contribution < 1.29 is 4.84 Å². The average Bonchev–Trinajstić information content (AvgIpc) is 2.24. The number of hydrogen-bond donors (Lipinski definition) is 1. The molecule has 0 radical (unpaired) electrons. The van der Waals surface area contributed by atoms with Gasteiger partial charge in [0.1, 0.15) is 6.34 Å². The van der Waals surface area contributed by atoms with Gasteiger partial charge in [0.15, 0.2) is 0 Å². The molecule has 1 heterocycles. The van der Waals surface area contributed by atoms with Crippen molar-refractivity contribution in [2.75, 3.05) is 0 Å². The Bertz CT molecular complexity index is 98.6. The Morgan fingerprint density at radius 2 is 2.38 bits per heavy atom. The van der Waals surface area contributed by atoms with Crippen LogP contribution < -0.4 is 5.48 Å². The minimum atomic E-state index is 0.412. The van der Waals surface area contributed by atoms with Crippen molar-refractivity contribution in [2.24, 2.45) is 4.99 Å². The Morgan fingerprint density at radius 3 is 2.50 bits per heavy atom. The molecule has 0 amide bonds. The molecule has 1 N–H and O–H groups in total. The molecular formula is C5H10N2O. The number of rotatable bonds is 0. The van der Waals surface area contributed by atoms with Crippen LogP contribution in [0, 0.1) is 0 Å². The molecule has 0 aromatic rings. The van der Waals surface area contributed by atoms with Crippen molar-refractivity contribution in [1.29, 1.82) is 0 Å². The van der Waals surface area contributed by atoms with Crippen LogP contribution in [0.15, 0.2) is 17.5 Å². The highest BCUT2D eigenvalue weighted by molar-refractivity contribution is 5.56. The van der Waals surface area contributed by atoms with Crippen molar-refractivity contribution >= 4 is 6.34 Å². The smallest absolute Gasteiger partial charge is 0.240 e. The highest BCUT2D eigenvalue weighted by Gasteiger charge is 1.91. The normalized spacial score (nSPS) is 13.5. The lowest BCUT2D eigenvalue weighted by Gasteiger charge is -1.86. The summed E-state index contributed by atoms with van der Waals surface area (Å²) in [5.41, 5.74) is 2.38. The topological polar surface area (TPSA) is 33.6 Å². The summed E-state index contributed by atoms with van der Waals surface area (Å²) in [7, 11) is 0. The minimum absolute atomic E-state index is 0.412. The zero-order chi connectivity index (χ0) is 6.41. The van der Waals surface area contributed by atoms with Crippen molar-refractivity contribution in [3.63, 3.8) is 0 Å². The van der Waals surface area contributed by atoms with Crippen LogP contribution in [0.1, 0.15) is 13.8 Å². The molecule has 3 nitrogen and oxygen atoms in total. The first-order valence-electron chi connectivity index (χ1n) is 2.53. The van der Waals surface area contributed by atoms with Gasteiger partial charge in [-0.1, -0.05) is 13.8 Å². The van der Waals surface area contributed by atoms with Crippen LogP contribution in [0.5, 0.6) is 0 Å². The van der Waals surface area contributed by atoms with Gasteiger partial charge in [0.05, 0.1) is 0 Å². The molecule has 3 heteroatoms. The van der Waals surface area contributed by atoms with Crippen molar-refractivity contribution in [2.45, 2.75) is 13.8 Å². The molecule has 0 spiro atoms. The second-order valence-corrected chi connectivity index (χ2v) is 0.872. The first-order valence-corrected chi connectivity index (χ1v) is 2.53. The van der Waals surface area contributed by atoms with E-state index in [2.05, 4.69) is 21.9 Å². The lowest BCUT2D eigenvalue weighted by Crippen LogP contribution is -2.00. The third-order valence-electron chi connectivity index (χ3n) is 0.438. The highest BCUT2D eigenvalue weighted by atomic mass is 16.7. The Kier molecular flexibility index (Phi) is 3.66. The zero-order valence-electron chi connectivity index (χ0n) is 5.14. The summed E-state index contributed by atoms with van der Waals surface area (Å²) in [6, 6.07) is 0. The first-order chi connectivity index (χ1) is 3.89.